The highest BCUT2D eigenvalue weighted by molar-refractivity contribution is 7.16. The molecular weight excluding hydrogens is 264 g/mol. The summed E-state index contributed by atoms with van der Waals surface area (Å²) in [5.74, 6) is 0. The largest absolute Gasteiger partial charge is 0.309 e. The molecule has 0 aromatic carbocycles. The molecule has 3 unspecified atom stereocenters. The molecule has 2 heterocycles. The van der Waals surface area contributed by atoms with Crippen molar-refractivity contribution in [2.45, 2.75) is 51.7 Å². The third-order valence-electron chi connectivity index (χ3n) is 4.21. The second-order valence-corrected chi connectivity index (χ2v) is 7.38. The number of piperazine rings is 1. The van der Waals surface area contributed by atoms with Crippen LogP contribution in [0.2, 0.25) is 4.34 Å². The highest BCUT2D eigenvalue weighted by atomic mass is 35.5. The van der Waals surface area contributed by atoms with Crippen molar-refractivity contribution in [3.63, 3.8) is 0 Å². The van der Waals surface area contributed by atoms with Gasteiger partial charge >= 0.3 is 0 Å². The van der Waals surface area contributed by atoms with Crippen molar-refractivity contribution in [3.05, 3.63) is 21.3 Å². The van der Waals surface area contributed by atoms with Crippen LogP contribution >= 0.6 is 22.9 Å². The molecule has 2 nitrogen and oxygen atoms in total. The van der Waals surface area contributed by atoms with E-state index in [1.54, 1.807) is 11.3 Å². The van der Waals surface area contributed by atoms with Crippen LogP contribution < -0.4 is 5.32 Å². The molecule has 0 spiro atoms. The maximum absolute atomic E-state index is 6.05. The normalized spacial score (nSPS) is 31.5. The lowest BCUT2D eigenvalue weighted by molar-refractivity contribution is 0.0609. The molecule has 1 aliphatic rings. The lowest BCUT2D eigenvalue weighted by Gasteiger charge is -2.47. The van der Waals surface area contributed by atoms with Crippen LogP contribution in [-0.4, -0.2) is 29.6 Å². The van der Waals surface area contributed by atoms with Crippen LogP contribution in [0.25, 0.3) is 0 Å². The molecule has 4 heteroatoms. The minimum Gasteiger partial charge on any atom is -0.309 e. The van der Waals surface area contributed by atoms with Crippen molar-refractivity contribution >= 4 is 22.9 Å². The molecule has 3 atom stereocenters. The van der Waals surface area contributed by atoms with Gasteiger partial charge in [-0.25, -0.2) is 0 Å². The van der Waals surface area contributed by atoms with Crippen LogP contribution in [-0.2, 0) is 0 Å². The monoisotopic (exact) mass is 286 g/mol. The molecule has 18 heavy (non-hydrogen) atoms. The predicted octanol–water partition coefficient (Wildman–Crippen LogP) is 3.92. The Kier molecular flexibility index (Phi) is 4.37. The maximum atomic E-state index is 6.05. The first-order valence-electron chi connectivity index (χ1n) is 6.71. The standard InChI is InChI=1S/C14H23ClN2S/c1-5-14(4)9-17(10(2)8-16-14)11(3)12-6-7-13(15)18-12/h6-7,10-11,16H,5,8-9H2,1-4H3. The lowest BCUT2D eigenvalue weighted by Crippen LogP contribution is -2.62. The predicted molar refractivity (Wildman–Crippen MR) is 80.6 cm³/mol. The zero-order valence-electron chi connectivity index (χ0n) is 11.7. The van der Waals surface area contributed by atoms with Gasteiger partial charge in [0.15, 0.2) is 0 Å². The lowest BCUT2D eigenvalue weighted by atomic mass is 9.92. The first-order chi connectivity index (χ1) is 8.45. The molecule has 2 rings (SSSR count). The summed E-state index contributed by atoms with van der Waals surface area (Å²) < 4.78 is 0.887. The van der Waals surface area contributed by atoms with E-state index in [2.05, 4.69) is 44.0 Å². The van der Waals surface area contributed by atoms with Crippen molar-refractivity contribution in [1.29, 1.82) is 0 Å². The van der Waals surface area contributed by atoms with Crippen molar-refractivity contribution in [3.8, 4) is 0 Å². The highest BCUT2D eigenvalue weighted by Gasteiger charge is 2.35. The van der Waals surface area contributed by atoms with Crippen LogP contribution in [0, 0.1) is 0 Å². The fourth-order valence-electron chi connectivity index (χ4n) is 2.60. The second kappa shape index (κ2) is 5.49. The Bertz CT molecular complexity index is 406. The molecule has 1 aromatic heterocycles. The van der Waals surface area contributed by atoms with Gasteiger partial charge in [-0.15, -0.1) is 11.3 Å². The molecule has 0 saturated carbocycles. The number of nitrogens with zero attached hydrogens (tertiary/aromatic N) is 1. The molecule has 0 radical (unpaired) electrons. The van der Waals surface area contributed by atoms with E-state index in [0.29, 0.717) is 12.1 Å². The Morgan fingerprint density at radius 1 is 1.61 bits per heavy atom. The Balaban J connectivity index is 2.15. The topological polar surface area (TPSA) is 15.3 Å². The number of hydrogen-bond acceptors (Lipinski definition) is 3. The van der Waals surface area contributed by atoms with E-state index < -0.39 is 0 Å². The first kappa shape index (κ1) is 14.3. The summed E-state index contributed by atoms with van der Waals surface area (Å²) in [6, 6.07) is 5.19. The van der Waals surface area contributed by atoms with Gasteiger partial charge in [-0.1, -0.05) is 18.5 Å². The van der Waals surface area contributed by atoms with Crippen molar-refractivity contribution in [2.24, 2.45) is 0 Å². The minimum absolute atomic E-state index is 0.238. The molecule has 0 aliphatic carbocycles. The van der Waals surface area contributed by atoms with Gasteiger partial charge in [0.2, 0.25) is 0 Å². The maximum Gasteiger partial charge on any atom is 0.0931 e. The Labute approximate surface area is 119 Å². The summed E-state index contributed by atoms with van der Waals surface area (Å²) in [5.41, 5.74) is 0.238. The van der Waals surface area contributed by atoms with Crippen LogP contribution in [0.3, 0.4) is 0 Å². The van der Waals surface area contributed by atoms with Gasteiger partial charge in [-0.3, -0.25) is 4.90 Å². The van der Waals surface area contributed by atoms with Gasteiger partial charge in [-0.2, -0.15) is 0 Å². The van der Waals surface area contributed by atoms with E-state index in [9.17, 15) is 0 Å². The van der Waals surface area contributed by atoms with Crippen molar-refractivity contribution < 1.29 is 0 Å². The molecule has 0 amide bonds. The average molecular weight is 287 g/mol. The molecule has 1 aliphatic heterocycles. The number of thiophene rings is 1. The van der Waals surface area contributed by atoms with Gasteiger partial charge in [0.1, 0.15) is 0 Å². The number of nitrogens with one attached hydrogen (secondary N) is 1. The van der Waals surface area contributed by atoms with E-state index in [1.165, 1.54) is 4.88 Å². The van der Waals surface area contributed by atoms with Gasteiger partial charge in [0.25, 0.3) is 0 Å². The first-order valence-corrected chi connectivity index (χ1v) is 7.90. The Hall–Kier alpha value is -0.0900. The van der Waals surface area contributed by atoms with E-state index in [4.69, 9.17) is 11.6 Å². The van der Waals surface area contributed by atoms with E-state index in [0.717, 1.165) is 23.8 Å². The molecule has 1 fully saturated rings. The smallest absolute Gasteiger partial charge is 0.0931 e. The molecule has 1 saturated heterocycles. The summed E-state index contributed by atoms with van der Waals surface area (Å²) in [4.78, 5) is 3.97. The zero-order chi connectivity index (χ0) is 13.3. The fraction of sp³-hybridized carbons (Fsp3) is 0.714. The third kappa shape index (κ3) is 2.90. The summed E-state index contributed by atoms with van der Waals surface area (Å²) >= 11 is 7.75. The summed E-state index contributed by atoms with van der Waals surface area (Å²) in [7, 11) is 0. The Morgan fingerprint density at radius 3 is 2.89 bits per heavy atom. The van der Waals surface area contributed by atoms with E-state index >= 15 is 0 Å². The summed E-state index contributed by atoms with van der Waals surface area (Å²) in [6.45, 7) is 11.3. The summed E-state index contributed by atoms with van der Waals surface area (Å²) in [5, 5.41) is 3.67. The molecule has 1 aromatic rings. The average Bonchev–Trinajstić information content (AvgIpc) is 2.78. The molecule has 102 valence electrons. The van der Waals surface area contributed by atoms with Gasteiger partial charge < -0.3 is 5.32 Å². The number of rotatable bonds is 3. The highest BCUT2D eigenvalue weighted by Crippen LogP contribution is 2.33. The van der Waals surface area contributed by atoms with Gasteiger partial charge in [-0.05, 0) is 39.3 Å². The van der Waals surface area contributed by atoms with E-state index in [-0.39, 0.29) is 5.54 Å². The third-order valence-corrected chi connectivity index (χ3v) is 5.61. The number of halogens is 1. The van der Waals surface area contributed by atoms with Crippen LogP contribution in [0.1, 0.15) is 45.0 Å². The van der Waals surface area contributed by atoms with Gasteiger partial charge in [0, 0.05) is 35.6 Å². The summed E-state index contributed by atoms with van der Waals surface area (Å²) in [6.07, 6.45) is 1.16. The second-order valence-electron chi connectivity index (χ2n) is 5.63. The minimum atomic E-state index is 0.238. The van der Waals surface area contributed by atoms with E-state index in [1.807, 2.05) is 6.07 Å². The quantitative estimate of drug-likeness (QED) is 0.906. The van der Waals surface area contributed by atoms with Crippen LogP contribution in [0.15, 0.2) is 12.1 Å². The number of hydrogen-bond donors (Lipinski definition) is 1. The van der Waals surface area contributed by atoms with Crippen molar-refractivity contribution in [2.75, 3.05) is 13.1 Å². The molecule has 0 bridgehead atoms. The van der Waals surface area contributed by atoms with Crippen LogP contribution in [0.4, 0.5) is 0 Å². The SMILES string of the molecule is CCC1(C)CN(C(C)c2ccc(Cl)s2)C(C)CN1. The fourth-order valence-corrected chi connectivity index (χ4v) is 3.73. The van der Waals surface area contributed by atoms with Gasteiger partial charge in [0.05, 0.1) is 4.34 Å². The van der Waals surface area contributed by atoms with Crippen LogP contribution in [0.5, 0.6) is 0 Å². The zero-order valence-corrected chi connectivity index (χ0v) is 13.2. The Morgan fingerprint density at radius 2 is 2.33 bits per heavy atom. The molecule has 1 N–H and O–H groups in total. The van der Waals surface area contributed by atoms with Crippen molar-refractivity contribution in [1.82, 2.24) is 10.2 Å². The molecular formula is C14H23ClN2S.